The van der Waals surface area contributed by atoms with Crippen LogP contribution in [-0.2, 0) is 0 Å². The van der Waals surface area contributed by atoms with Crippen molar-refractivity contribution in [2.45, 2.75) is 0 Å². The van der Waals surface area contributed by atoms with Gasteiger partial charge in [0.25, 0.3) is 0 Å². The van der Waals surface area contributed by atoms with Gasteiger partial charge in [-0.1, -0.05) is 6.07 Å². The number of nitrogens with zero attached hydrogens (tertiary/aromatic N) is 2. The predicted octanol–water partition coefficient (Wildman–Crippen LogP) is 0.753. The average molecular weight is 248 g/mol. The molecule has 18 heavy (non-hydrogen) atoms. The number of nitrogens with two attached hydrogens (primary N) is 1. The summed E-state index contributed by atoms with van der Waals surface area (Å²) in [5, 5.41) is 7.30. The van der Waals surface area contributed by atoms with Crippen LogP contribution in [0.2, 0.25) is 0 Å². The van der Waals surface area contributed by atoms with E-state index < -0.39 is 0 Å². The largest absolute Gasteiger partial charge is 0.497 e. The van der Waals surface area contributed by atoms with Gasteiger partial charge >= 0.3 is 0 Å². The van der Waals surface area contributed by atoms with Crippen LogP contribution < -0.4 is 15.4 Å². The lowest BCUT2D eigenvalue weighted by atomic mass is 10.2. The monoisotopic (exact) mass is 248 g/mol. The van der Waals surface area contributed by atoms with E-state index in [1.807, 2.05) is 12.1 Å². The molecule has 2 rings (SSSR count). The molecule has 1 saturated heterocycles. The van der Waals surface area contributed by atoms with Crippen LogP contribution in [0.15, 0.2) is 24.3 Å². The van der Waals surface area contributed by atoms with Crippen molar-refractivity contribution in [3.8, 4) is 5.75 Å². The average Bonchev–Trinajstić information content (AvgIpc) is 2.39. The predicted molar refractivity (Wildman–Crippen MR) is 73.6 cm³/mol. The van der Waals surface area contributed by atoms with Crippen molar-refractivity contribution < 1.29 is 4.74 Å². The van der Waals surface area contributed by atoms with E-state index in [1.54, 1.807) is 7.11 Å². The highest BCUT2D eigenvalue weighted by Gasteiger charge is 2.17. The zero-order valence-corrected chi connectivity index (χ0v) is 10.7. The molecule has 0 bridgehead atoms. The molecule has 1 aliphatic rings. The quantitative estimate of drug-likeness (QED) is 0.609. The summed E-state index contributed by atoms with van der Waals surface area (Å²) in [7, 11) is 1.68. The molecule has 0 radical (unpaired) electrons. The SMILES string of the molecule is COc1cccc(N2CCN(CC(=N)N)CC2)c1. The van der Waals surface area contributed by atoms with Crippen molar-refractivity contribution in [2.75, 3.05) is 44.7 Å². The first kappa shape index (κ1) is 12.7. The van der Waals surface area contributed by atoms with Gasteiger partial charge in [-0.05, 0) is 12.1 Å². The van der Waals surface area contributed by atoms with Crippen molar-refractivity contribution in [1.29, 1.82) is 5.41 Å². The van der Waals surface area contributed by atoms with E-state index in [2.05, 4.69) is 21.9 Å². The zero-order chi connectivity index (χ0) is 13.0. The molecule has 0 saturated carbocycles. The molecule has 1 aromatic carbocycles. The summed E-state index contributed by atoms with van der Waals surface area (Å²) in [6.07, 6.45) is 0. The first-order valence-electron chi connectivity index (χ1n) is 6.13. The van der Waals surface area contributed by atoms with Crippen molar-refractivity contribution in [2.24, 2.45) is 5.73 Å². The topological polar surface area (TPSA) is 65.6 Å². The number of hydrogen-bond acceptors (Lipinski definition) is 4. The number of nitrogens with one attached hydrogen (secondary N) is 1. The van der Waals surface area contributed by atoms with E-state index in [0.717, 1.165) is 31.9 Å². The summed E-state index contributed by atoms with van der Waals surface area (Å²) in [5.41, 5.74) is 6.61. The Kier molecular flexibility index (Phi) is 4.04. The zero-order valence-electron chi connectivity index (χ0n) is 10.7. The Morgan fingerprint density at radius 1 is 1.33 bits per heavy atom. The number of hydrogen-bond donors (Lipinski definition) is 2. The maximum absolute atomic E-state index is 7.30. The summed E-state index contributed by atoms with van der Waals surface area (Å²) >= 11 is 0. The number of rotatable bonds is 4. The molecule has 5 heteroatoms. The minimum atomic E-state index is 0.241. The normalized spacial score (nSPS) is 16.6. The summed E-state index contributed by atoms with van der Waals surface area (Å²) in [5.74, 6) is 1.13. The van der Waals surface area contributed by atoms with Crippen molar-refractivity contribution >= 4 is 11.5 Å². The maximum Gasteiger partial charge on any atom is 0.120 e. The smallest absolute Gasteiger partial charge is 0.120 e. The van der Waals surface area contributed by atoms with Crippen LogP contribution in [0, 0.1) is 5.41 Å². The highest BCUT2D eigenvalue weighted by molar-refractivity contribution is 5.79. The molecule has 1 aliphatic heterocycles. The van der Waals surface area contributed by atoms with Crippen LogP contribution in [0.1, 0.15) is 0 Å². The van der Waals surface area contributed by atoms with Gasteiger partial charge in [0.1, 0.15) is 11.6 Å². The van der Waals surface area contributed by atoms with Crippen LogP contribution in [0.25, 0.3) is 0 Å². The van der Waals surface area contributed by atoms with Gasteiger partial charge < -0.3 is 15.4 Å². The Morgan fingerprint density at radius 3 is 2.67 bits per heavy atom. The Bertz CT molecular complexity index is 413. The molecule has 1 aromatic rings. The van der Waals surface area contributed by atoms with Gasteiger partial charge in [0.15, 0.2) is 0 Å². The fourth-order valence-corrected chi connectivity index (χ4v) is 2.21. The maximum atomic E-state index is 7.30. The fourth-order valence-electron chi connectivity index (χ4n) is 2.21. The van der Waals surface area contributed by atoms with E-state index in [9.17, 15) is 0 Å². The van der Waals surface area contributed by atoms with Crippen LogP contribution in [0.3, 0.4) is 0 Å². The Labute approximate surface area is 108 Å². The van der Waals surface area contributed by atoms with Crippen molar-refractivity contribution in [3.63, 3.8) is 0 Å². The summed E-state index contributed by atoms with van der Waals surface area (Å²) in [6, 6.07) is 8.12. The first-order chi connectivity index (χ1) is 8.69. The highest BCUT2D eigenvalue weighted by atomic mass is 16.5. The minimum absolute atomic E-state index is 0.241. The molecule has 0 amide bonds. The third-order valence-corrected chi connectivity index (χ3v) is 3.18. The molecular weight excluding hydrogens is 228 g/mol. The molecule has 3 N–H and O–H groups in total. The van der Waals surface area contributed by atoms with Crippen molar-refractivity contribution in [1.82, 2.24) is 4.90 Å². The van der Waals surface area contributed by atoms with Crippen LogP contribution in [0.5, 0.6) is 5.75 Å². The number of amidine groups is 1. The van der Waals surface area contributed by atoms with Gasteiger partial charge in [0.2, 0.25) is 0 Å². The first-order valence-corrected chi connectivity index (χ1v) is 6.13. The summed E-state index contributed by atoms with van der Waals surface area (Å²) in [4.78, 5) is 4.54. The van der Waals surface area contributed by atoms with Gasteiger partial charge in [-0.25, -0.2) is 0 Å². The second-order valence-electron chi connectivity index (χ2n) is 4.49. The third-order valence-electron chi connectivity index (χ3n) is 3.18. The molecule has 1 fully saturated rings. The molecule has 0 atom stereocenters. The van der Waals surface area contributed by atoms with E-state index in [1.165, 1.54) is 5.69 Å². The second-order valence-corrected chi connectivity index (χ2v) is 4.49. The molecule has 0 aliphatic carbocycles. The van der Waals surface area contributed by atoms with E-state index in [0.29, 0.717) is 6.54 Å². The number of piperazine rings is 1. The summed E-state index contributed by atoms with van der Waals surface area (Å²) < 4.78 is 5.24. The second kappa shape index (κ2) is 5.73. The van der Waals surface area contributed by atoms with Crippen molar-refractivity contribution in [3.05, 3.63) is 24.3 Å². The van der Waals surface area contributed by atoms with Gasteiger partial charge in [-0.3, -0.25) is 10.3 Å². The lowest BCUT2D eigenvalue weighted by molar-refractivity contribution is 0.290. The lowest BCUT2D eigenvalue weighted by Gasteiger charge is -2.35. The van der Waals surface area contributed by atoms with Crippen LogP contribution >= 0.6 is 0 Å². The minimum Gasteiger partial charge on any atom is -0.497 e. The number of methoxy groups -OCH3 is 1. The molecule has 0 unspecified atom stereocenters. The van der Waals surface area contributed by atoms with Gasteiger partial charge in [-0.2, -0.15) is 0 Å². The fraction of sp³-hybridized carbons (Fsp3) is 0.462. The Balaban J connectivity index is 1.94. The van der Waals surface area contributed by atoms with Crippen LogP contribution in [-0.4, -0.2) is 50.6 Å². The highest BCUT2D eigenvalue weighted by Crippen LogP contribution is 2.21. The van der Waals surface area contributed by atoms with E-state index >= 15 is 0 Å². The Hall–Kier alpha value is -1.75. The van der Waals surface area contributed by atoms with E-state index in [4.69, 9.17) is 15.9 Å². The molecule has 0 spiro atoms. The molecule has 98 valence electrons. The van der Waals surface area contributed by atoms with Gasteiger partial charge in [0.05, 0.1) is 13.7 Å². The van der Waals surface area contributed by atoms with E-state index in [-0.39, 0.29) is 5.84 Å². The number of ether oxygens (including phenoxy) is 1. The summed E-state index contributed by atoms with van der Waals surface area (Å²) in [6.45, 7) is 4.38. The van der Waals surface area contributed by atoms with Crippen LogP contribution in [0.4, 0.5) is 5.69 Å². The molecule has 5 nitrogen and oxygen atoms in total. The van der Waals surface area contributed by atoms with Gasteiger partial charge in [0, 0.05) is 37.9 Å². The van der Waals surface area contributed by atoms with Gasteiger partial charge in [-0.15, -0.1) is 0 Å². The molecular formula is C13H20N4O. The Morgan fingerprint density at radius 2 is 2.06 bits per heavy atom. The number of anilines is 1. The lowest BCUT2D eigenvalue weighted by Crippen LogP contribution is -2.48. The number of benzene rings is 1. The third kappa shape index (κ3) is 3.13. The standard InChI is InChI=1S/C13H20N4O/c1-18-12-4-2-3-11(9-12)17-7-5-16(6-8-17)10-13(14)15/h2-4,9H,5-8,10H2,1H3,(H3,14,15). The molecule has 1 heterocycles. The molecule has 0 aromatic heterocycles.